The predicted molar refractivity (Wildman–Crippen MR) is 82.8 cm³/mol. The van der Waals surface area contributed by atoms with Gasteiger partial charge in [-0.3, -0.25) is 15.4 Å². The summed E-state index contributed by atoms with van der Waals surface area (Å²) in [6.07, 6.45) is -0.597. The molecule has 6 heteroatoms. The molecule has 0 saturated carbocycles. The van der Waals surface area contributed by atoms with E-state index in [9.17, 15) is 14.9 Å². The van der Waals surface area contributed by atoms with Crippen LogP contribution in [0.3, 0.4) is 0 Å². The Balaban J connectivity index is 2.02. The molecule has 0 bridgehead atoms. The summed E-state index contributed by atoms with van der Waals surface area (Å²) in [6, 6.07) is 12.3. The van der Waals surface area contributed by atoms with Crippen molar-refractivity contribution in [1.29, 1.82) is 0 Å². The monoisotopic (exact) mass is 300 g/mol. The quantitative estimate of drug-likeness (QED) is 0.684. The van der Waals surface area contributed by atoms with Gasteiger partial charge in [-0.05, 0) is 31.0 Å². The average Bonchev–Trinajstić information content (AvgIpc) is 2.49. The van der Waals surface area contributed by atoms with Gasteiger partial charge in [0.15, 0.2) is 0 Å². The lowest BCUT2D eigenvalue weighted by Gasteiger charge is -2.10. The van der Waals surface area contributed by atoms with Crippen LogP contribution in [0, 0.1) is 24.0 Å². The van der Waals surface area contributed by atoms with Gasteiger partial charge >= 0.3 is 6.09 Å². The van der Waals surface area contributed by atoms with E-state index in [2.05, 4.69) is 5.32 Å². The van der Waals surface area contributed by atoms with Crippen LogP contribution in [0.5, 0.6) is 0 Å². The molecule has 0 aliphatic carbocycles. The number of benzene rings is 2. The normalized spacial score (nSPS) is 10.1. The number of amides is 1. The number of hydrogen-bond donors (Lipinski definition) is 1. The maximum absolute atomic E-state index is 11.8. The van der Waals surface area contributed by atoms with Crippen molar-refractivity contribution in [3.8, 4) is 0 Å². The van der Waals surface area contributed by atoms with Gasteiger partial charge in [0.2, 0.25) is 0 Å². The minimum atomic E-state index is -0.597. The molecule has 1 N–H and O–H groups in total. The SMILES string of the molecule is Cc1cc([N+](=O)[O-])c(C)cc1NC(=O)OCc1ccccc1. The standard InChI is InChI=1S/C16H16N2O4/c1-11-9-15(18(20)21)12(2)8-14(11)17-16(19)22-10-13-6-4-3-5-7-13/h3-9H,10H2,1-2H3,(H,17,19). The third kappa shape index (κ3) is 3.82. The Morgan fingerprint density at radius 2 is 1.86 bits per heavy atom. The first-order valence-electron chi connectivity index (χ1n) is 6.70. The molecule has 0 saturated heterocycles. The van der Waals surface area contributed by atoms with Crippen LogP contribution < -0.4 is 5.32 Å². The van der Waals surface area contributed by atoms with E-state index < -0.39 is 11.0 Å². The number of aryl methyl sites for hydroxylation is 2. The highest BCUT2D eigenvalue weighted by Crippen LogP contribution is 2.26. The topological polar surface area (TPSA) is 81.5 Å². The zero-order valence-electron chi connectivity index (χ0n) is 12.3. The lowest BCUT2D eigenvalue weighted by atomic mass is 10.1. The van der Waals surface area contributed by atoms with E-state index in [-0.39, 0.29) is 12.3 Å². The molecule has 1 amide bonds. The number of hydrogen-bond acceptors (Lipinski definition) is 4. The molecule has 0 atom stereocenters. The zero-order chi connectivity index (χ0) is 16.1. The van der Waals surface area contributed by atoms with Crippen LogP contribution in [0.2, 0.25) is 0 Å². The molecule has 2 rings (SSSR count). The van der Waals surface area contributed by atoms with Crippen LogP contribution in [0.4, 0.5) is 16.2 Å². The van der Waals surface area contributed by atoms with Gasteiger partial charge in [-0.2, -0.15) is 0 Å². The van der Waals surface area contributed by atoms with Gasteiger partial charge in [0.25, 0.3) is 5.69 Å². The third-order valence-corrected chi connectivity index (χ3v) is 3.19. The second-order valence-corrected chi connectivity index (χ2v) is 4.90. The van der Waals surface area contributed by atoms with Crippen molar-refractivity contribution in [2.24, 2.45) is 0 Å². The molecular weight excluding hydrogens is 284 g/mol. The van der Waals surface area contributed by atoms with E-state index >= 15 is 0 Å². The van der Waals surface area contributed by atoms with E-state index in [1.54, 1.807) is 19.9 Å². The molecule has 0 radical (unpaired) electrons. The highest BCUT2D eigenvalue weighted by atomic mass is 16.6. The lowest BCUT2D eigenvalue weighted by Crippen LogP contribution is -2.14. The number of carbonyl (C=O) groups excluding carboxylic acids is 1. The highest BCUT2D eigenvalue weighted by molar-refractivity contribution is 5.86. The first-order valence-corrected chi connectivity index (χ1v) is 6.70. The number of nitro groups is 1. The van der Waals surface area contributed by atoms with Crippen LogP contribution in [-0.4, -0.2) is 11.0 Å². The van der Waals surface area contributed by atoms with Gasteiger partial charge in [-0.1, -0.05) is 30.3 Å². The van der Waals surface area contributed by atoms with Crippen molar-refractivity contribution in [2.75, 3.05) is 5.32 Å². The molecule has 114 valence electrons. The number of rotatable bonds is 4. The molecule has 2 aromatic rings. The summed E-state index contributed by atoms with van der Waals surface area (Å²) in [5.41, 5.74) is 2.50. The minimum Gasteiger partial charge on any atom is -0.444 e. The summed E-state index contributed by atoms with van der Waals surface area (Å²) in [6.45, 7) is 3.48. The van der Waals surface area contributed by atoms with Crippen molar-refractivity contribution in [2.45, 2.75) is 20.5 Å². The van der Waals surface area contributed by atoms with Gasteiger partial charge in [0.1, 0.15) is 6.61 Å². The van der Waals surface area contributed by atoms with Crippen molar-refractivity contribution in [3.63, 3.8) is 0 Å². The molecule has 0 spiro atoms. The molecule has 0 fully saturated rings. The first-order chi connectivity index (χ1) is 10.5. The summed E-state index contributed by atoms with van der Waals surface area (Å²) in [5.74, 6) is 0. The fraction of sp³-hybridized carbons (Fsp3) is 0.188. The van der Waals surface area contributed by atoms with E-state index in [1.807, 2.05) is 30.3 Å². The summed E-state index contributed by atoms with van der Waals surface area (Å²) >= 11 is 0. The largest absolute Gasteiger partial charge is 0.444 e. The number of carbonyl (C=O) groups is 1. The number of nitro benzene ring substituents is 1. The summed E-state index contributed by atoms with van der Waals surface area (Å²) in [5, 5.41) is 13.5. The van der Waals surface area contributed by atoms with E-state index in [1.165, 1.54) is 6.07 Å². The Morgan fingerprint density at radius 3 is 2.50 bits per heavy atom. The number of nitrogens with zero attached hydrogens (tertiary/aromatic N) is 1. The van der Waals surface area contributed by atoms with Gasteiger partial charge in [-0.15, -0.1) is 0 Å². The maximum Gasteiger partial charge on any atom is 0.411 e. The molecule has 22 heavy (non-hydrogen) atoms. The smallest absolute Gasteiger partial charge is 0.411 e. The molecule has 0 aromatic heterocycles. The highest BCUT2D eigenvalue weighted by Gasteiger charge is 2.15. The number of ether oxygens (including phenoxy) is 1. The molecule has 0 heterocycles. The second kappa shape index (κ2) is 6.71. The van der Waals surface area contributed by atoms with Gasteiger partial charge in [-0.25, -0.2) is 4.79 Å². The molecule has 0 aliphatic rings. The van der Waals surface area contributed by atoms with Gasteiger partial charge < -0.3 is 4.74 Å². The van der Waals surface area contributed by atoms with Crippen LogP contribution in [-0.2, 0) is 11.3 Å². The molecule has 6 nitrogen and oxygen atoms in total. The zero-order valence-corrected chi connectivity index (χ0v) is 12.3. The van der Waals surface area contributed by atoms with E-state index in [0.29, 0.717) is 16.8 Å². The number of nitrogens with one attached hydrogen (secondary N) is 1. The Labute approximate surface area is 127 Å². The maximum atomic E-state index is 11.8. The van der Waals surface area contributed by atoms with Gasteiger partial charge in [0.05, 0.1) is 4.92 Å². The van der Waals surface area contributed by atoms with Gasteiger partial charge in [0, 0.05) is 17.3 Å². The van der Waals surface area contributed by atoms with Crippen molar-refractivity contribution in [3.05, 3.63) is 69.3 Å². The van der Waals surface area contributed by atoms with E-state index in [0.717, 1.165) is 5.56 Å². The first kappa shape index (κ1) is 15.5. The number of anilines is 1. The third-order valence-electron chi connectivity index (χ3n) is 3.19. The predicted octanol–water partition coefficient (Wildman–Crippen LogP) is 3.96. The lowest BCUT2D eigenvalue weighted by molar-refractivity contribution is -0.385. The Morgan fingerprint density at radius 1 is 1.18 bits per heavy atom. The van der Waals surface area contributed by atoms with Crippen LogP contribution in [0.1, 0.15) is 16.7 Å². The average molecular weight is 300 g/mol. The van der Waals surface area contributed by atoms with Crippen molar-refractivity contribution < 1.29 is 14.5 Å². The Bertz CT molecular complexity index is 699. The Hall–Kier alpha value is -2.89. The minimum absolute atomic E-state index is 0.0284. The molecule has 2 aromatic carbocycles. The fourth-order valence-electron chi connectivity index (χ4n) is 2.00. The van der Waals surface area contributed by atoms with Crippen LogP contribution >= 0.6 is 0 Å². The Kier molecular flexibility index (Phi) is 4.73. The van der Waals surface area contributed by atoms with Crippen LogP contribution in [0.15, 0.2) is 42.5 Å². The molecule has 0 unspecified atom stereocenters. The summed E-state index contributed by atoms with van der Waals surface area (Å²) < 4.78 is 5.12. The molecular formula is C16H16N2O4. The van der Waals surface area contributed by atoms with Crippen LogP contribution in [0.25, 0.3) is 0 Å². The van der Waals surface area contributed by atoms with E-state index in [4.69, 9.17) is 4.74 Å². The fourth-order valence-corrected chi connectivity index (χ4v) is 2.00. The summed E-state index contributed by atoms with van der Waals surface area (Å²) in [7, 11) is 0. The van der Waals surface area contributed by atoms with Crippen molar-refractivity contribution in [1.82, 2.24) is 0 Å². The molecule has 0 aliphatic heterocycles. The van der Waals surface area contributed by atoms with Crippen molar-refractivity contribution >= 4 is 17.5 Å². The summed E-state index contributed by atoms with van der Waals surface area (Å²) in [4.78, 5) is 22.2. The second-order valence-electron chi connectivity index (χ2n) is 4.90.